The molecule has 1 fully saturated rings. The Bertz CT molecular complexity index is 1140. The summed E-state index contributed by atoms with van der Waals surface area (Å²) in [6.07, 6.45) is 6.16. The average Bonchev–Trinajstić information content (AvgIpc) is 2.89. The number of rotatable bonds is 8. The van der Waals surface area contributed by atoms with Gasteiger partial charge in [0.2, 0.25) is 0 Å². The Hall–Kier alpha value is -3.92. The van der Waals surface area contributed by atoms with Gasteiger partial charge in [0.05, 0.1) is 18.2 Å². The molecule has 0 atom stereocenters. The predicted molar refractivity (Wildman–Crippen MR) is 128 cm³/mol. The standard InChI is InChI=1S/C27H27FN4O2/c28-25-6-5-23(17-26(25)34-16-11-20-1-3-21(18-29)4-2-20)27(33)31-19-22-9-14-32(15-10-22)24-7-12-30-13-8-24/h1-8,12-13,17,22H,9-11,14-16,19H2,(H,31,33). The number of halogens is 1. The second-order valence-electron chi connectivity index (χ2n) is 8.40. The number of pyridine rings is 1. The van der Waals surface area contributed by atoms with Crippen LogP contribution in [-0.4, -0.2) is 37.1 Å². The van der Waals surface area contributed by atoms with Crippen LogP contribution in [0.4, 0.5) is 10.1 Å². The predicted octanol–water partition coefficient (Wildman–Crippen LogP) is 4.36. The molecular formula is C27H27FN4O2. The van der Waals surface area contributed by atoms with Crippen LogP contribution < -0.4 is 15.0 Å². The van der Waals surface area contributed by atoms with Gasteiger partial charge in [0.15, 0.2) is 11.6 Å². The third-order valence-electron chi connectivity index (χ3n) is 6.12. The van der Waals surface area contributed by atoms with Crippen molar-refractivity contribution in [1.29, 1.82) is 5.26 Å². The van der Waals surface area contributed by atoms with Gasteiger partial charge in [0, 0.05) is 49.7 Å². The van der Waals surface area contributed by atoms with Crippen molar-refractivity contribution in [3.63, 3.8) is 0 Å². The minimum absolute atomic E-state index is 0.0620. The lowest BCUT2D eigenvalue weighted by molar-refractivity contribution is 0.0944. The highest BCUT2D eigenvalue weighted by atomic mass is 19.1. The number of benzene rings is 2. The van der Waals surface area contributed by atoms with E-state index in [0.29, 0.717) is 30.0 Å². The van der Waals surface area contributed by atoms with Gasteiger partial charge in [-0.2, -0.15) is 5.26 Å². The van der Waals surface area contributed by atoms with Crippen molar-refractivity contribution < 1.29 is 13.9 Å². The van der Waals surface area contributed by atoms with Crippen molar-refractivity contribution in [2.75, 3.05) is 31.1 Å². The number of aromatic nitrogens is 1. The minimum atomic E-state index is -0.500. The second kappa shape index (κ2) is 11.3. The Morgan fingerprint density at radius 1 is 1.12 bits per heavy atom. The summed E-state index contributed by atoms with van der Waals surface area (Å²) in [5, 5.41) is 11.9. The summed E-state index contributed by atoms with van der Waals surface area (Å²) in [6, 6.07) is 17.5. The van der Waals surface area contributed by atoms with Gasteiger partial charge in [-0.25, -0.2) is 4.39 Å². The number of nitriles is 1. The summed E-state index contributed by atoms with van der Waals surface area (Å²) in [6.45, 7) is 2.75. The van der Waals surface area contributed by atoms with E-state index in [2.05, 4.69) is 21.3 Å². The summed E-state index contributed by atoms with van der Waals surface area (Å²) >= 11 is 0. The molecule has 0 radical (unpaired) electrons. The monoisotopic (exact) mass is 458 g/mol. The summed E-state index contributed by atoms with van der Waals surface area (Å²) in [5.74, 6) is -0.258. The molecule has 6 nitrogen and oxygen atoms in total. The van der Waals surface area contributed by atoms with Gasteiger partial charge in [-0.1, -0.05) is 12.1 Å². The molecule has 1 aliphatic rings. The lowest BCUT2D eigenvalue weighted by Crippen LogP contribution is -2.38. The van der Waals surface area contributed by atoms with Gasteiger partial charge < -0.3 is 15.0 Å². The van der Waals surface area contributed by atoms with E-state index >= 15 is 0 Å². The second-order valence-corrected chi connectivity index (χ2v) is 8.40. The molecule has 1 N–H and O–H groups in total. The quantitative estimate of drug-likeness (QED) is 0.543. The Kier molecular flexibility index (Phi) is 7.71. The molecule has 1 aliphatic heterocycles. The van der Waals surface area contributed by atoms with Crippen LogP contribution in [0.15, 0.2) is 67.0 Å². The van der Waals surface area contributed by atoms with Gasteiger partial charge in [0.25, 0.3) is 5.91 Å². The fourth-order valence-electron chi connectivity index (χ4n) is 4.07. The van der Waals surface area contributed by atoms with Crippen LogP contribution in [-0.2, 0) is 6.42 Å². The molecule has 0 bridgehead atoms. The van der Waals surface area contributed by atoms with Crippen molar-refractivity contribution in [3.05, 3.63) is 89.5 Å². The molecule has 0 saturated carbocycles. The SMILES string of the molecule is N#Cc1ccc(CCOc2cc(C(=O)NCC3CCN(c4ccncc4)CC3)ccc2F)cc1. The van der Waals surface area contributed by atoms with Crippen molar-refractivity contribution >= 4 is 11.6 Å². The zero-order valence-electron chi connectivity index (χ0n) is 18.9. The van der Waals surface area contributed by atoms with Crippen LogP contribution in [0.3, 0.4) is 0 Å². The first kappa shape index (κ1) is 23.2. The van der Waals surface area contributed by atoms with Crippen molar-refractivity contribution in [3.8, 4) is 11.8 Å². The highest BCUT2D eigenvalue weighted by Crippen LogP contribution is 2.23. The normalized spacial score (nSPS) is 13.8. The van der Waals surface area contributed by atoms with E-state index < -0.39 is 5.82 Å². The molecule has 7 heteroatoms. The molecule has 2 aromatic carbocycles. The van der Waals surface area contributed by atoms with E-state index in [1.807, 2.05) is 24.3 Å². The number of hydrogen-bond donors (Lipinski definition) is 1. The highest BCUT2D eigenvalue weighted by Gasteiger charge is 2.20. The molecule has 3 aromatic rings. The van der Waals surface area contributed by atoms with Crippen LogP contribution in [0.25, 0.3) is 0 Å². The summed E-state index contributed by atoms with van der Waals surface area (Å²) in [5.41, 5.74) is 3.14. The smallest absolute Gasteiger partial charge is 0.251 e. The lowest BCUT2D eigenvalue weighted by atomic mass is 9.96. The van der Waals surface area contributed by atoms with Gasteiger partial charge in [0.1, 0.15) is 0 Å². The highest BCUT2D eigenvalue weighted by molar-refractivity contribution is 5.94. The van der Waals surface area contributed by atoms with E-state index in [9.17, 15) is 9.18 Å². The molecule has 0 spiro atoms. The molecule has 4 rings (SSSR count). The van der Waals surface area contributed by atoms with Crippen LogP contribution in [0.5, 0.6) is 5.75 Å². The van der Waals surface area contributed by atoms with E-state index in [1.54, 1.807) is 24.5 Å². The van der Waals surface area contributed by atoms with Crippen molar-refractivity contribution in [1.82, 2.24) is 10.3 Å². The van der Waals surface area contributed by atoms with Crippen LogP contribution in [0, 0.1) is 23.1 Å². The summed E-state index contributed by atoms with van der Waals surface area (Å²) in [4.78, 5) is 19.1. The summed E-state index contributed by atoms with van der Waals surface area (Å²) < 4.78 is 19.8. The number of amides is 1. The number of carbonyl (C=O) groups is 1. The Balaban J connectivity index is 1.25. The van der Waals surface area contributed by atoms with E-state index in [1.165, 1.54) is 23.9 Å². The zero-order valence-corrected chi connectivity index (χ0v) is 18.9. The first-order valence-electron chi connectivity index (χ1n) is 11.5. The maximum absolute atomic E-state index is 14.2. The Labute approximate surface area is 199 Å². The first-order valence-corrected chi connectivity index (χ1v) is 11.5. The Morgan fingerprint density at radius 3 is 2.56 bits per heavy atom. The molecule has 0 aliphatic carbocycles. The van der Waals surface area contributed by atoms with Crippen LogP contribution in [0.1, 0.15) is 34.3 Å². The van der Waals surface area contributed by atoms with Gasteiger partial charge in [-0.15, -0.1) is 0 Å². The first-order chi connectivity index (χ1) is 16.6. The number of hydrogen-bond acceptors (Lipinski definition) is 5. The van der Waals surface area contributed by atoms with Gasteiger partial charge in [-0.3, -0.25) is 9.78 Å². The molecule has 1 amide bonds. The van der Waals surface area contributed by atoms with E-state index in [4.69, 9.17) is 10.00 Å². The maximum Gasteiger partial charge on any atom is 0.251 e. The minimum Gasteiger partial charge on any atom is -0.490 e. The molecule has 2 heterocycles. The number of ether oxygens (including phenoxy) is 1. The number of anilines is 1. The Morgan fingerprint density at radius 2 is 1.85 bits per heavy atom. The topological polar surface area (TPSA) is 78.2 Å². The molecule has 1 aromatic heterocycles. The van der Waals surface area contributed by atoms with E-state index in [-0.39, 0.29) is 18.3 Å². The molecule has 174 valence electrons. The molecular weight excluding hydrogens is 431 g/mol. The van der Waals surface area contributed by atoms with Crippen molar-refractivity contribution in [2.45, 2.75) is 19.3 Å². The van der Waals surface area contributed by atoms with Crippen LogP contribution in [0.2, 0.25) is 0 Å². The molecule has 1 saturated heterocycles. The lowest BCUT2D eigenvalue weighted by Gasteiger charge is -2.33. The third-order valence-corrected chi connectivity index (χ3v) is 6.12. The van der Waals surface area contributed by atoms with E-state index in [0.717, 1.165) is 31.5 Å². The number of piperidine rings is 1. The third kappa shape index (κ3) is 6.10. The molecule has 0 unspecified atom stereocenters. The fraction of sp³-hybridized carbons (Fsp3) is 0.296. The van der Waals surface area contributed by atoms with Crippen LogP contribution >= 0.6 is 0 Å². The largest absolute Gasteiger partial charge is 0.490 e. The fourth-order valence-corrected chi connectivity index (χ4v) is 4.07. The molecule has 34 heavy (non-hydrogen) atoms. The van der Waals surface area contributed by atoms with Crippen molar-refractivity contribution in [2.24, 2.45) is 5.92 Å². The number of nitrogens with one attached hydrogen (secondary N) is 1. The summed E-state index contributed by atoms with van der Waals surface area (Å²) in [7, 11) is 0. The average molecular weight is 459 g/mol. The van der Waals surface area contributed by atoms with Gasteiger partial charge in [-0.05, 0) is 66.8 Å². The zero-order chi connectivity index (χ0) is 23.8. The van der Waals surface area contributed by atoms with Gasteiger partial charge >= 0.3 is 0 Å². The number of carbonyl (C=O) groups excluding carboxylic acids is 1. The maximum atomic E-state index is 14.2. The number of nitrogens with zero attached hydrogens (tertiary/aromatic N) is 3.